The Kier molecular flexibility index (Phi) is 8.40. The van der Waals surface area contributed by atoms with E-state index in [-0.39, 0.29) is 0 Å². The Labute approximate surface area is 373 Å². The predicted octanol–water partition coefficient (Wildman–Crippen LogP) is 18.0. The van der Waals surface area contributed by atoms with Crippen LogP contribution in [0.2, 0.25) is 0 Å². The lowest BCUT2D eigenvalue weighted by Gasteiger charge is -2.26. The van der Waals surface area contributed by atoms with E-state index in [1.807, 2.05) is 35.6 Å². The molecule has 3 nitrogen and oxygen atoms in total. The molecule has 13 rings (SSSR count). The molecule has 0 saturated carbocycles. The molecule has 64 heavy (non-hydrogen) atoms. The van der Waals surface area contributed by atoms with Crippen LogP contribution in [0.15, 0.2) is 233 Å². The number of rotatable bonds is 7. The molecule has 0 atom stereocenters. The topological polar surface area (TPSA) is 29.5 Å². The Morgan fingerprint density at radius 2 is 0.672 bits per heavy atom. The van der Waals surface area contributed by atoms with Crippen molar-refractivity contribution in [1.29, 1.82) is 0 Å². The van der Waals surface area contributed by atoms with Gasteiger partial charge in [0.1, 0.15) is 22.3 Å². The fraction of sp³-hybridized carbons (Fsp3) is 0. The number of benzene rings is 10. The Hall–Kier alpha value is -8.18. The molecule has 13 aromatic rings. The highest BCUT2D eigenvalue weighted by atomic mass is 32.1. The smallest absolute Gasteiger partial charge is 0.136 e. The molecule has 0 radical (unpaired) electrons. The van der Waals surface area contributed by atoms with Crippen LogP contribution in [0.4, 0.5) is 17.1 Å². The molecule has 300 valence electrons. The molecule has 0 N–H and O–H groups in total. The molecule has 0 fully saturated rings. The molecule has 0 aliphatic carbocycles. The van der Waals surface area contributed by atoms with Crippen molar-refractivity contribution >= 4 is 92.4 Å². The summed E-state index contributed by atoms with van der Waals surface area (Å²) < 4.78 is 15.2. The van der Waals surface area contributed by atoms with Gasteiger partial charge in [-0.3, -0.25) is 0 Å². The van der Waals surface area contributed by atoms with Crippen LogP contribution in [-0.2, 0) is 0 Å². The van der Waals surface area contributed by atoms with Crippen LogP contribution < -0.4 is 4.90 Å². The van der Waals surface area contributed by atoms with E-state index in [4.69, 9.17) is 8.83 Å². The number of anilines is 3. The average Bonchev–Trinajstić information content (AvgIpc) is 4.06. The maximum Gasteiger partial charge on any atom is 0.136 e. The van der Waals surface area contributed by atoms with E-state index in [0.717, 1.165) is 83.2 Å². The molecule has 0 saturated heterocycles. The first-order chi connectivity index (χ1) is 31.7. The van der Waals surface area contributed by atoms with Crippen molar-refractivity contribution in [3.63, 3.8) is 0 Å². The minimum Gasteiger partial charge on any atom is -0.456 e. The van der Waals surface area contributed by atoms with Crippen molar-refractivity contribution < 1.29 is 8.83 Å². The first kappa shape index (κ1) is 36.5. The van der Waals surface area contributed by atoms with Gasteiger partial charge in [-0.15, -0.1) is 11.3 Å². The van der Waals surface area contributed by atoms with E-state index in [1.165, 1.54) is 42.4 Å². The fourth-order valence-corrected chi connectivity index (χ4v) is 10.9. The summed E-state index contributed by atoms with van der Waals surface area (Å²) >= 11 is 1.86. The molecule has 3 aromatic heterocycles. The third kappa shape index (κ3) is 5.95. The number of nitrogens with zero attached hydrogens (tertiary/aromatic N) is 1. The standard InChI is InChI=1S/C60H37NO2S/c1-2-12-46(41-29-36-50-49-13-5-8-22-57(49)64-58(50)37-41)45(11-1)38-23-30-42(31-24-38)61(43-32-25-39(26-33-43)47-16-9-20-55-59(47)51-14-3-6-18-53(51)62-55)44-34-27-40(28-35-44)48-17-10-21-56-60(48)52-15-4-7-19-54(52)63-56/h1-37H. The number of fused-ring (bicyclic) bond motifs is 9. The van der Waals surface area contributed by atoms with Gasteiger partial charge in [-0.2, -0.15) is 0 Å². The summed E-state index contributed by atoms with van der Waals surface area (Å²) in [5, 5.41) is 7.16. The van der Waals surface area contributed by atoms with E-state index in [2.05, 4.69) is 205 Å². The van der Waals surface area contributed by atoms with Gasteiger partial charge in [0, 0.05) is 58.8 Å². The number of thiophene rings is 1. The van der Waals surface area contributed by atoms with Gasteiger partial charge in [0.25, 0.3) is 0 Å². The van der Waals surface area contributed by atoms with Crippen LogP contribution in [0, 0.1) is 0 Å². The summed E-state index contributed by atoms with van der Waals surface area (Å²) in [6, 6.07) is 80.5. The Morgan fingerprint density at radius 3 is 1.22 bits per heavy atom. The van der Waals surface area contributed by atoms with Gasteiger partial charge in [0.05, 0.1) is 0 Å². The highest BCUT2D eigenvalue weighted by molar-refractivity contribution is 7.25. The van der Waals surface area contributed by atoms with Crippen molar-refractivity contribution in [2.24, 2.45) is 0 Å². The molecule has 4 heteroatoms. The zero-order chi connectivity index (χ0) is 42.1. The lowest BCUT2D eigenvalue weighted by molar-refractivity contribution is 0.668. The molecule has 0 spiro atoms. The summed E-state index contributed by atoms with van der Waals surface area (Å²) in [6.45, 7) is 0. The zero-order valence-corrected chi connectivity index (χ0v) is 35.4. The first-order valence-electron chi connectivity index (χ1n) is 21.6. The second-order valence-electron chi connectivity index (χ2n) is 16.4. The summed E-state index contributed by atoms with van der Waals surface area (Å²) in [4.78, 5) is 2.35. The van der Waals surface area contributed by atoms with Crippen molar-refractivity contribution in [3.8, 4) is 44.5 Å². The Balaban J connectivity index is 0.902. The first-order valence-corrected chi connectivity index (χ1v) is 22.5. The minimum atomic E-state index is 0.894. The fourth-order valence-electron chi connectivity index (χ4n) is 9.73. The van der Waals surface area contributed by atoms with Gasteiger partial charge < -0.3 is 13.7 Å². The maximum absolute atomic E-state index is 6.26. The lowest BCUT2D eigenvalue weighted by Crippen LogP contribution is -2.09. The molecular formula is C60H37NO2S. The Morgan fingerprint density at radius 1 is 0.281 bits per heavy atom. The highest BCUT2D eigenvalue weighted by Gasteiger charge is 2.18. The van der Waals surface area contributed by atoms with Crippen LogP contribution in [0.1, 0.15) is 0 Å². The van der Waals surface area contributed by atoms with Gasteiger partial charge in [-0.05, 0) is 117 Å². The second-order valence-corrected chi connectivity index (χ2v) is 17.5. The number of para-hydroxylation sites is 2. The van der Waals surface area contributed by atoms with Gasteiger partial charge in [-0.1, -0.05) is 152 Å². The van der Waals surface area contributed by atoms with Crippen molar-refractivity contribution in [2.75, 3.05) is 4.90 Å². The van der Waals surface area contributed by atoms with E-state index in [1.54, 1.807) is 0 Å². The summed E-state index contributed by atoms with van der Waals surface area (Å²) in [7, 11) is 0. The molecule has 0 aliphatic heterocycles. The third-order valence-corrected chi connectivity index (χ3v) is 13.9. The molecule has 0 amide bonds. The van der Waals surface area contributed by atoms with E-state index in [9.17, 15) is 0 Å². The van der Waals surface area contributed by atoms with E-state index in [0.29, 0.717) is 0 Å². The SMILES string of the molecule is c1ccc(-c2ccc3c(c2)sc2ccccc23)c(-c2ccc(N(c3ccc(-c4cccc5oc6ccccc6c45)cc3)c3ccc(-c4cccc5oc6ccccc6c45)cc3)cc2)c1. The van der Waals surface area contributed by atoms with Crippen LogP contribution in [0.25, 0.3) is 109 Å². The largest absolute Gasteiger partial charge is 0.456 e. The van der Waals surface area contributed by atoms with Crippen LogP contribution in [0.5, 0.6) is 0 Å². The zero-order valence-electron chi connectivity index (χ0n) is 34.5. The predicted molar refractivity (Wildman–Crippen MR) is 270 cm³/mol. The molecule has 3 heterocycles. The molecule has 0 bridgehead atoms. The van der Waals surface area contributed by atoms with Crippen LogP contribution >= 0.6 is 11.3 Å². The monoisotopic (exact) mass is 835 g/mol. The normalized spacial score (nSPS) is 11.8. The molecular weight excluding hydrogens is 799 g/mol. The van der Waals surface area contributed by atoms with Gasteiger partial charge in [-0.25, -0.2) is 0 Å². The maximum atomic E-state index is 6.26. The van der Waals surface area contributed by atoms with Crippen molar-refractivity contribution in [3.05, 3.63) is 224 Å². The average molecular weight is 836 g/mol. The van der Waals surface area contributed by atoms with Gasteiger partial charge in [0.2, 0.25) is 0 Å². The number of furan rings is 2. The summed E-state index contributed by atoms with van der Waals surface area (Å²) in [5.41, 5.74) is 16.2. The molecule has 0 aliphatic rings. The van der Waals surface area contributed by atoms with E-state index < -0.39 is 0 Å². The van der Waals surface area contributed by atoms with Crippen molar-refractivity contribution in [2.45, 2.75) is 0 Å². The van der Waals surface area contributed by atoms with Crippen LogP contribution in [-0.4, -0.2) is 0 Å². The Bertz CT molecular complexity index is 3730. The van der Waals surface area contributed by atoms with E-state index >= 15 is 0 Å². The highest BCUT2D eigenvalue weighted by Crippen LogP contribution is 2.43. The lowest BCUT2D eigenvalue weighted by atomic mass is 9.94. The molecule has 0 unspecified atom stereocenters. The minimum absolute atomic E-state index is 0.894. The third-order valence-electron chi connectivity index (χ3n) is 12.7. The second kappa shape index (κ2) is 14.7. The molecule has 10 aromatic carbocycles. The number of hydrogen-bond donors (Lipinski definition) is 0. The quantitative estimate of drug-likeness (QED) is 0.160. The van der Waals surface area contributed by atoms with Gasteiger partial charge >= 0.3 is 0 Å². The summed E-state index contributed by atoms with van der Waals surface area (Å²) in [6.07, 6.45) is 0. The summed E-state index contributed by atoms with van der Waals surface area (Å²) in [5.74, 6) is 0. The van der Waals surface area contributed by atoms with Crippen LogP contribution in [0.3, 0.4) is 0 Å². The number of hydrogen-bond acceptors (Lipinski definition) is 4. The van der Waals surface area contributed by atoms with Gasteiger partial charge in [0.15, 0.2) is 0 Å². The van der Waals surface area contributed by atoms with Crippen molar-refractivity contribution in [1.82, 2.24) is 0 Å².